The van der Waals surface area contributed by atoms with Crippen molar-refractivity contribution in [3.8, 4) is 11.1 Å². The maximum absolute atomic E-state index is 15.2. The van der Waals surface area contributed by atoms with Crippen molar-refractivity contribution >= 4 is 21.7 Å². The van der Waals surface area contributed by atoms with Crippen molar-refractivity contribution < 1.29 is 27.6 Å². The van der Waals surface area contributed by atoms with Crippen LogP contribution in [0.4, 0.5) is 4.39 Å². The molecule has 0 aromatic heterocycles. The largest absolute Gasteiger partial charge is 0.334 e. The molecule has 2 amide bonds. The van der Waals surface area contributed by atoms with E-state index in [1.54, 1.807) is 24.3 Å². The van der Waals surface area contributed by atoms with Crippen LogP contribution in [0.2, 0.25) is 0 Å². The standard InChI is InChI=1S/C21H23FN2O5S/c1-13-4-6-14(7-5-13)15-8-9-16-17(18(15)22)12-24(19(16)25)11-10-21(2,20(26)23-27)30(3,28)29/h4-9,27H,10-12H2,1-3H3,(H,23,26)/t21-/m1/s1. The minimum atomic E-state index is -3.89. The molecule has 3 rings (SSSR count). The number of fused-ring (bicyclic) bond motifs is 1. The first kappa shape index (κ1) is 21.9. The van der Waals surface area contributed by atoms with Crippen LogP contribution in [0.15, 0.2) is 36.4 Å². The number of sulfone groups is 1. The van der Waals surface area contributed by atoms with Gasteiger partial charge in [-0.2, -0.15) is 0 Å². The van der Waals surface area contributed by atoms with Gasteiger partial charge in [0.05, 0.1) is 0 Å². The molecule has 0 fully saturated rings. The molecule has 1 aliphatic heterocycles. The summed E-state index contributed by atoms with van der Waals surface area (Å²) in [6, 6.07) is 10.5. The molecular formula is C21H23FN2O5S. The van der Waals surface area contributed by atoms with Crippen LogP contribution < -0.4 is 5.48 Å². The molecule has 0 spiro atoms. The number of carbonyl (C=O) groups excluding carboxylic acids is 2. The van der Waals surface area contributed by atoms with Crippen LogP contribution in [-0.4, -0.2) is 47.9 Å². The van der Waals surface area contributed by atoms with Crippen molar-refractivity contribution in [2.75, 3.05) is 12.8 Å². The number of halogens is 1. The number of hydroxylamine groups is 1. The highest BCUT2D eigenvalue weighted by Crippen LogP contribution is 2.33. The summed E-state index contributed by atoms with van der Waals surface area (Å²) in [5, 5.41) is 8.92. The molecule has 2 N–H and O–H groups in total. The lowest BCUT2D eigenvalue weighted by molar-refractivity contribution is -0.131. The van der Waals surface area contributed by atoms with Crippen molar-refractivity contribution in [3.63, 3.8) is 0 Å². The second-order valence-electron chi connectivity index (χ2n) is 7.74. The van der Waals surface area contributed by atoms with Gasteiger partial charge >= 0.3 is 0 Å². The lowest BCUT2D eigenvalue weighted by Gasteiger charge is -2.27. The first-order chi connectivity index (χ1) is 14.0. The molecule has 9 heteroatoms. The highest BCUT2D eigenvalue weighted by atomic mass is 32.2. The number of benzene rings is 2. The number of hydrogen-bond donors (Lipinski definition) is 2. The smallest absolute Gasteiger partial charge is 0.264 e. The van der Waals surface area contributed by atoms with Crippen LogP contribution in [0.1, 0.15) is 34.8 Å². The lowest BCUT2D eigenvalue weighted by Crippen LogP contribution is -2.50. The Kier molecular flexibility index (Phi) is 5.70. The van der Waals surface area contributed by atoms with Gasteiger partial charge in [-0.15, -0.1) is 0 Å². The van der Waals surface area contributed by atoms with Crippen molar-refractivity contribution in [2.24, 2.45) is 0 Å². The molecule has 1 heterocycles. The highest BCUT2D eigenvalue weighted by Gasteiger charge is 2.44. The van der Waals surface area contributed by atoms with Crippen molar-refractivity contribution in [3.05, 3.63) is 58.9 Å². The molecule has 2 aromatic carbocycles. The fourth-order valence-electron chi connectivity index (χ4n) is 3.48. The second kappa shape index (κ2) is 7.81. The van der Waals surface area contributed by atoms with Gasteiger partial charge in [-0.1, -0.05) is 35.9 Å². The van der Waals surface area contributed by atoms with Crippen LogP contribution >= 0.6 is 0 Å². The third kappa shape index (κ3) is 3.70. The predicted molar refractivity (Wildman–Crippen MR) is 109 cm³/mol. The molecule has 0 saturated heterocycles. The summed E-state index contributed by atoms with van der Waals surface area (Å²) in [7, 11) is -3.89. The number of amides is 2. The van der Waals surface area contributed by atoms with Gasteiger partial charge in [0.1, 0.15) is 5.82 Å². The van der Waals surface area contributed by atoms with Gasteiger partial charge in [-0.05, 0) is 31.9 Å². The monoisotopic (exact) mass is 434 g/mol. The molecular weight excluding hydrogens is 411 g/mol. The van der Waals surface area contributed by atoms with Gasteiger partial charge in [0, 0.05) is 36.0 Å². The average Bonchev–Trinajstić information content (AvgIpc) is 3.02. The fourth-order valence-corrected chi connectivity index (χ4v) is 4.32. The van der Waals surface area contributed by atoms with Gasteiger partial charge < -0.3 is 4.90 Å². The van der Waals surface area contributed by atoms with Crippen LogP contribution in [0.3, 0.4) is 0 Å². The zero-order valence-electron chi connectivity index (χ0n) is 16.9. The molecule has 0 aliphatic carbocycles. The van der Waals surface area contributed by atoms with Crippen molar-refractivity contribution in [1.29, 1.82) is 0 Å². The Labute approximate surface area is 174 Å². The summed E-state index contributed by atoms with van der Waals surface area (Å²) in [5.41, 5.74) is 3.95. The maximum Gasteiger partial charge on any atom is 0.264 e. The Balaban J connectivity index is 1.86. The summed E-state index contributed by atoms with van der Waals surface area (Å²) in [6.07, 6.45) is 0.640. The molecule has 1 aliphatic rings. The molecule has 2 aromatic rings. The zero-order valence-corrected chi connectivity index (χ0v) is 17.7. The summed E-state index contributed by atoms with van der Waals surface area (Å²) in [5.74, 6) is -2.01. The second-order valence-corrected chi connectivity index (χ2v) is 10.2. The van der Waals surface area contributed by atoms with E-state index >= 15 is 4.39 Å². The minimum Gasteiger partial charge on any atom is -0.334 e. The van der Waals surface area contributed by atoms with Gasteiger partial charge in [0.15, 0.2) is 14.6 Å². The van der Waals surface area contributed by atoms with Gasteiger partial charge in [0.25, 0.3) is 11.8 Å². The quantitative estimate of drug-likeness (QED) is 0.537. The Morgan fingerprint density at radius 2 is 1.80 bits per heavy atom. The zero-order chi connectivity index (χ0) is 22.3. The van der Waals surface area contributed by atoms with E-state index < -0.39 is 32.2 Å². The number of rotatable bonds is 6. The molecule has 7 nitrogen and oxygen atoms in total. The number of carbonyl (C=O) groups is 2. The third-order valence-corrected chi connectivity index (χ3v) is 7.76. The average molecular weight is 434 g/mol. The Hall–Kier alpha value is -2.78. The highest BCUT2D eigenvalue weighted by molar-refractivity contribution is 7.92. The van der Waals surface area contributed by atoms with Gasteiger partial charge in [-0.25, -0.2) is 18.3 Å². The molecule has 30 heavy (non-hydrogen) atoms. The topological polar surface area (TPSA) is 104 Å². The fraction of sp³-hybridized carbons (Fsp3) is 0.333. The van der Waals surface area contributed by atoms with E-state index in [1.165, 1.54) is 17.3 Å². The normalized spacial score (nSPS) is 15.6. The summed E-state index contributed by atoms with van der Waals surface area (Å²) in [4.78, 5) is 26.0. The van der Waals surface area contributed by atoms with Crippen LogP contribution in [0.5, 0.6) is 0 Å². The van der Waals surface area contributed by atoms with E-state index in [2.05, 4.69) is 0 Å². The van der Waals surface area contributed by atoms with Crippen LogP contribution in [0, 0.1) is 12.7 Å². The number of hydrogen-bond acceptors (Lipinski definition) is 5. The first-order valence-corrected chi connectivity index (χ1v) is 11.2. The predicted octanol–water partition coefficient (Wildman–Crippen LogP) is 2.46. The number of nitrogens with zero attached hydrogens (tertiary/aromatic N) is 1. The maximum atomic E-state index is 15.2. The Morgan fingerprint density at radius 1 is 1.20 bits per heavy atom. The molecule has 0 bridgehead atoms. The molecule has 0 saturated carbocycles. The Morgan fingerprint density at radius 3 is 2.37 bits per heavy atom. The number of aryl methyl sites for hydroxylation is 1. The van der Waals surface area contributed by atoms with Crippen molar-refractivity contribution in [2.45, 2.75) is 31.6 Å². The lowest BCUT2D eigenvalue weighted by atomic mass is 9.99. The van der Waals surface area contributed by atoms with E-state index in [-0.39, 0.29) is 30.6 Å². The molecule has 1 atom stereocenters. The molecule has 0 radical (unpaired) electrons. The van der Waals surface area contributed by atoms with E-state index in [9.17, 15) is 18.0 Å². The van der Waals surface area contributed by atoms with Crippen LogP contribution in [0.25, 0.3) is 11.1 Å². The summed E-state index contributed by atoms with van der Waals surface area (Å²) in [6.45, 7) is 2.99. The van der Waals surface area contributed by atoms with Gasteiger partial charge in [0.2, 0.25) is 0 Å². The summed E-state index contributed by atoms with van der Waals surface area (Å²) >= 11 is 0. The number of nitrogens with one attached hydrogen (secondary N) is 1. The van der Waals surface area contributed by atoms with E-state index in [4.69, 9.17) is 5.21 Å². The van der Waals surface area contributed by atoms with Gasteiger partial charge in [-0.3, -0.25) is 14.8 Å². The minimum absolute atomic E-state index is 0.0275. The van der Waals surface area contributed by atoms with E-state index in [0.717, 1.165) is 11.8 Å². The third-order valence-electron chi connectivity index (χ3n) is 5.73. The first-order valence-electron chi connectivity index (χ1n) is 9.31. The SMILES string of the molecule is Cc1ccc(-c2ccc3c(c2F)CN(CC[C@](C)(C(=O)NO)S(C)(=O)=O)C3=O)cc1. The Bertz CT molecular complexity index is 1110. The van der Waals surface area contributed by atoms with Crippen LogP contribution in [-0.2, 0) is 21.2 Å². The van der Waals surface area contributed by atoms with E-state index in [1.807, 2.05) is 19.1 Å². The molecule has 160 valence electrons. The molecule has 0 unspecified atom stereocenters. The summed E-state index contributed by atoms with van der Waals surface area (Å²) < 4.78 is 37.5. The van der Waals surface area contributed by atoms with E-state index in [0.29, 0.717) is 11.1 Å². The van der Waals surface area contributed by atoms with Crippen molar-refractivity contribution in [1.82, 2.24) is 10.4 Å².